The molecule has 1 aliphatic heterocycles. The molecular formula is C14H30N4O5. The summed E-state index contributed by atoms with van der Waals surface area (Å²) >= 11 is 0. The maximum absolute atomic E-state index is 12.2. The first-order valence-electron chi connectivity index (χ1n) is 7.91. The summed E-state index contributed by atoms with van der Waals surface area (Å²) in [5.74, 6) is -0.189. The topological polar surface area (TPSA) is 166 Å². The molecule has 1 aliphatic rings. The number of aliphatic hydroxyl groups excluding tert-OH is 2. The van der Waals surface area contributed by atoms with Crippen LogP contribution in [0.2, 0.25) is 0 Å². The first-order valence-corrected chi connectivity index (χ1v) is 7.91. The number of amides is 1. The molecule has 1 fully saturated rings. The SMILES string of the molecule is CC(C)C[C@H](N)C(=O)N[C@H]1[C@@H](OCCN)O[C@H](CN)[C@@H](O)[C@@H]1O. The minimum Gasteiger partial charge on any atom is -0.388 e. The summed E-state index contributed by atoms with van der Waals surface area (Å²) in [6, 6.07) is -1.67. The standard InChI is InChI=1S/C14H30N4O5/c1-7(2)5-8(17)13(21)18-10-12(20)11(19)9(6-16)23-14(10)22-4-3-15/h7-12,14,19-20H,3-6,15-17H2,1-2H3,(H,18,21)/t8-,9+,10+,11+,12+,14-/m0/s1. The van der Waals surface area contributed by atoms with Gasteiger partial charge in [-0.15, -0.1) is 0 Å². The highest BCUT2D eigenvalue weighted by molar-refractivity contribution is 5.81. The van der Waals surface area contributed by atoms with E-state index in [1.54, 1.807) is 0 Å². The van der Waals surface area contributed by atoms with Crippen molar-refractivity contribution in [3.8, 4) is 0 Å². The van der Waals surface area contributed by atoms with Crippen LogP contribution in [-0.4, -0.2) is 72.5 Å². The second-order valence-corrected chi connectivity index (χ2v) is 6.19. The van der Waals surface area contributed by atoms with Crippen LogP contribution in [0.15, 0.2) is 0 Å². The van der Waals surface area contributed by atoms with E-state index in [9.17, 15) is 15.0 Å². The lowest BCUT2D eigenvalue weighted by molar-refractivity contribution is -0.261. The summed E-state index contributed by atoms with van der Waals surface area (Å²) in [4.78, 5) is 12.2. The maximum Gasteiger partial charge on any atom is 0.237 e. The average Bonchev–Trinajstić information content (AvgIpc) is 2.50. The Bertz CT molecular complexity index is 371. The summed E-state index contributed by atoms with van der Waals surface area (Å²) in [6.45, 7) is 4.34. The molecule has 136 valence electrons. The Labute approximate surface area is 136 Å². The molecule has 9 heteroatoms. The monoisotopic (exact) mass is 334 g/mol. The maximum atomic E-state index is 12.2. The van der Waals surface area contributed by atoms with Crippen molar-refractivity contribution in [2.45, 2.75) is 57.0 Å². The van der Waals surface area contributed by atoms with Gasteiger partial charge in [0.2, 0.25) is 5.91 Å². The molecule has 0 bridgehead atoms. The highest BCUT2D eigenvalue weighted by Crippen LogP contribution is 2.22. The summed E-state index contributed by atoms with van der Waals surface area (Å²) in [5, 5.41) is 22.9. The fourth-order valence-electron chi connectivity index (χ4n) is 2.49. The molecule has 0 aromatic heterocycles. The third-order valence-corrected chi connectivity index (χ3v) is 3.70. The van der Waals surface area contributed by atoms with Crippen LogP contribution in [-0.2, 0) is 14.3 Å². The molecule has 1 saturated heterocycles. The van der Waals surface area contributed by atoms with Gasteiger partial charge in [0.25, 0.3) is 0 Å². The van der Waals surface area contributed by atoms with Crippen molar-refractivity contribution in [2.24, 2.45) is 23.1 Å². The lowest BCUT2D eigenvalue weighted by Gasteiger charge is -2.42. The number of aliphatic hydroxyl groups is 2. The Balaban J connectivity index is 2.78. The normalized spacial score (nSPS) is 32.8. The van der Waals surface area contributed by atoms with Crippen LogP contribution < -0.4 is 22.5 Å². The van der Waals surface area contributed by atoms with Crippen molar-refractivity contribution in [2.75, 3.05) is 19.7 Å². The van der Waals surface area contributed by atoms with E-state index in [2.05, 4.69) is 5.32 Å². The predicted molar refractivity (Wildman–Crippen MR) is 84.1 cm³/mol. The Kier molecular flexibility index (Phi) is 8.34. The number of hydrogen-bond donors (Lipinski definition) is 6. The average molecular weight is 334 g/mol. The molecule has 1 rings (SSSR count). The largest absolute Gasteiger partial charge is 0.388 e. The molecule has 0 aliphatic carbocycles. The molecule has 0 aromatic carbocycles. The number of nitrogens with two attached hydrogens (primary N) is 3. The second-order valence-electron chi connectivity index (χ2n) is 6.19. The zero-order chi connectivity index (χ0) is 17.6. The molecule has 0 aromatic rings. The Morgan fingerprint density at radius 3 is 2.48 bits per heavy atom. The first kappa shape index (κ1) is 20.2. The van der Waals surface area contributed by atoms with Crippen molar-refractivity contribution in [3.63, 3.8) is 0 Å². The van der Waals surface area contributed by atoms with Crippen molar-refractivity contribution < 1.29 is 24.5 Å². The quantitative estimate of drug-likeness (QED) is 0.277. The molecule has 0 radical (unpaired) electrons. The number of hydrogen-bond acceptors (Lipinski definition) is 8. The Morgan fingerprint density at radius 1 is 1.30 bits per heavy atom. The van der Waals surface area contributed by atoms with Gasteiger partial charge in [-0.2, -0.15) is 0 Å². The van der Waals surface area contributed by atoms with E-state index in [-0.39, 0.29) is 25.6 Å². The van der Waals surface area contributed by atoms with Gasteiger partial charge in [-0.05, 0) is 12.3 Å². The van der Waals surface area contributed by atoms with Crippen LogP contribution in [0.5, 0.6) is 0 Å². The number of carbonyl (C=O) groups excluding carboxylic acids is 1. The summed E-state index contributed by atoms with van der Waals surface area (Å²) < 4.78 is 11.0. The fraction of sp³-hybridized carbons (Fsp3) is 0.929. The van der Waals surface area contributed by atoms with Crippen molar-refractivity contribution in [1.29, 1.82) is 0 Å². The Morgan fingerprint density at radius 2 is 1.96 bits per heavy atom. The van der Waals surface area contributed by atoms with Gasteiger partial charge in [0.15, 0.2) is 6.29 Å². The zero-order valence-electron chi connectivity index (χ0n) is 13.7. The van der Waals surface area contributed by atoms with Crippen molar-refractivity contribution in [3.05, 3.63) is 0 Å². The molecule has 9 nitrogen and oxygen atoms in total. The van der Waals surface area contributed by atoms with Crippen LogP contribution in [0.3, 0.4) is 0 Å². The lowest BCUT2D eigenvalue weighted by Crippen LogP contribution is -2.66. The van der Waals surface area contributed by atoms with E-state index in [4.69, 9.17) is 26.7 Å². The molecular weight excluding hydrogens is 304 g/mol. The highest BCUT2D eigenvalue weighted by atomic mass is 16.7. The molecule has 0 saturated carbocycles. The van der Waals surface area contributed by atoms with Crippen LogP contribution >= 0.6 is 0 Å². The summed E-state index contributed by atoms with van der Waals surface area (Å²) in [5.41, 5.74) is 16.7. The van der Waals surface area contributed by atoms with Gasteiger partial charge in [0.05, 0.1) is 12.6 Å². The third-order valence-electron chi connectivity index (χ3n) is 3.70. The lowest BCUT2D eigenvalue weighted by atomic mass is 9.95. The van der Waals surface area contributed by atoms with Gasteiger partial charge in [-0.25, -0.2) is 0 Å². The van der Waals surface area contributed by atoms with Gasteiger partial charge in [-0.3, -0.25) is 4.79 Å². The van der Waals surface area contributed by atoms with Gasteiger partial charge in [-0.1, -0.05) is 13.8 Å². The van der Waals surface area contributed by atoms with Crippen LogP contribution in [0.4, 0.5) is 0 Å². The minimum atomic E-state index is -1.28. The van der Waals surface area contributed by atoms with E-state index in [0.29, 0.717) is 6.42 Å². The van der Waals surface area contributed by atoms with E-state index >= 15 is 0 Å². The second kappa shape index (κ2) is 9.48. The summed E-state index contributed by atoms with van der Waals surface area (Å²) in [6.07, 6.45) is -3.76. The number of carbonyl (C=O) groups is 1. The van der Waals surface area contributed by atoms with Gasteiger partial charge < -0.3 is 42.2 Å². The molecule has 0 unspecified atom stereocenters. The molecule has 6 atom stereocenters. The molecule has 1 heterocycles. The Hall–Kier alpha value is -0.810. The molecule has 23 heavy (non-hydrogen) atoms. The van der Waals surface area contributed by atoms with Crippen molar-refractivity contribution >= 4 is 5.91 Å². The van der Waals surface area contributed by atoms with Crippen molar-refractivity contribution in [1.82, 2.24) is 5.32 Å². The van der Waals surface area contributed by atoms with E-state index in [1.807, 2.05) is 13.8 Å². The summed E-state index contributed by atoms with van der Waals surface area (Å²) in [7, 11) is 0. The predicted octanol–water partition coefficient (Wildman–Crippen LogP) is -2.77. The van der Waals surface area contributed by atoms with E-state index in [1.165, 1.54) is 0 Å². The number of rotatable bonds is 8. The number of nitrogens with one attached hydrogen (secondary N) is 1. The zero-order valence-corrected chi connectivity index (χ0v) is 13.7. The van der Waals surface area contributed by atoms with Gasteiger partial charge in [0.1, 0.15) is 24.4 Å². The van der Waals surface area contributed by atoms with E-state index < -0.39 is 42.6 Å². The van der Waals surface area contributed by atoms with Crippen LogP contribution in [0.1, 0.15) is 20.3 Å². The molecule has 9 N–H and O–H groups in total. The third kappa shape index (κ3) is 5.64. The number of ether oxygens (including phenoxy) is 2. The van der Waals surface area contributed by atoms with E-state index in [0.717, 1.165) is 0 Å². The molecule has 1 amide bonds. The highest BCUT2D eigenvalue weighted by Gasteiger charge is 2.45. The minimum absolute atomic E-state index is 0.00818. The van der Waals surface area contributed by atoms with Crippen LogP contribution in [0, 0.1) is 5.92 Å². The first-order chi connectivity index (χ1) is 10.8. The van der Waals surface area contributed by atoms with Gasteiger partial charge in [0, 0.05) is 13.1 Å². The fourth-order valence-corrected chi connectivity index (χ4v) is 2.49. The van der Waals surface area contributed by atoms with Gasteiger partial charge >= 0.3 is 0 Å². The van der Waals surface area contributed by atoms with Crippen LogP contribution in [0.25, 0.3) is 0 Å². The smallest absolute Gasteiger partial charge is 0.237 e. The molecule has 0 spiro atoms.